The van der Waals surface area contributed by atoms with Crippen molar-refractivity contribution in [2.75, 3.05) is 0 Å². The van der Waals surface area contributed by atoms with Crippen LogP contribution in [0.4, 0.5) is 0 Å². The van der Waals surface area contributed by atoms with Crippen LogP contribution in [0.3, 0.4) is 0 Å². The molecule has 3 heteroatoms. The van der Waals surface area contributed by atoms with Gasteiger partial charge in [0.2, 0.25) is 0 Å². The summed E-state index contributed by atoms with van der Waals surface area (Å²) in [7, 11) is 0. The number of phenolic OH excluding ortho intramolecular Hbond substituents is 3. The van der Waals surface area contributed by atoms with Crippen molar-refractivity contribution >= 4 is 0 Å². The minimum Gasteiger partial charge on any atom is -0.508 e. The Balaban J connectivity index is 1.03. The van der Waals surface area contributed by atoms with Crippen LogP contribution in [0.1, 0.15) is 102 Å². The largest absolute Gasteiger partial charge is 0.508 e. The van der Waals surface area contributed by atoms with Gasteiger partial charge in [-0.2, -0.15) is 0 Å². The molecule has 0 saturated heterocycles. The maximum atomic E-state index is 12.1. The lowest BCUT2D eigenvalue weighted by molar-refractivity contribution is 0.456. The minimum atomic E-state index is 0.223. The van der Waals surface area contributed by atoms with Gasteiger partial charge in [0.05, 0.1) is 0 Å². The third-order valence-electron chi connectivity index (χ3n) is 12.6. The highest BCUT2D eigenvalue weighted by Crippen LogP contribution is 2.44. The lowest BCUT2D eigenvalue weighted by atomic mass is 9.90. The van der Waals surface area contributed by atoms with Crippen molar-refractivity contribution in [2.24, 2.45) is 0 Å². The molecule has 0 atom stereocenters. The van der Waals surface area contributed by atoms with Crippen LogP contribution in [0.5, 0.6) is 17.2 Å². The molecule has 0 radical (unpaired) electrons. The minimum absolute atomic E-state index is 0.223. The molecule has 2 aliphatic rings. The van der Waals surface area contributed by atoms with E-state index in [1.165, 1.54) is 99.7 Å². The molecular weight excluding hydrogens is 709 g/mol. The highest BCUT2D eigenvalue weighted by molar-refractivity contribution is 5.86. The van der Waals surface area contributed by atoms with Gasteiger partial charge in [-0.25, -0.2) is 0 Å². The van der Waals surface area contributed by atoms with Crippen molar-refractivity contribution in [3.63, 3.8) is 0 Å². The van der Waals surface area contributed by atoms with E-state index < -0.39 is 0 Å². The first-order valence-electron chi connectivity index (χ1n) is 21.3. The first kappa shape index (κ1) is 37.5. The predicted molar refractivity (Wildman–Crippen MR) is 239 cm³/mol. The summed E-state index contributed by atoms with van der Waals surface area (Å²) in [6, 6.07) is 46.4. The summed E-state index contributed by atoms with van der Waals surface area (Å²) in [5.74, 6) is 0.673. The molecule has 290 valence electrons. The standard InChI is InChI=1S/C55H52O3/c1-2-3-4-5-6-7-8-15-36-28-43(32-41-30-39(24-26-53(41)56)47-20-13-22-49-45-18-11-9-16-37(45)34-51(47)49)55(58)44(29-36)33-42-31-40(25-27-54(42)57)48-21-14-23-50-46-19-12-10-17-38(46)35-52(48)50/h9-14,16-31,56-58H,2-8,15,32-35H2,1H3. The molecule has 58 heavy (non-hydrogen) atoms. The Morgan fingerprint density at radius 3 is 1.38 bits per heavy atom. The monoisotopic (exact) mass is 760 g/mol. The molecule has 0 aliphatic heterocycles. The molecule has 0 heterocycles. The molecule has 7 aromatic rings. The Morgan fingerprint density at radius 2 is 0.862 bits per heavy atom. The van der Waals surface area contributed by atoms with Crippen LogP contribution in [0, 0.1) is 0 Å². The Bertz CT molecular complexity index is 2460. The average molecular weight is 761 g/mol. The van der Waals surface area contributed by atoms with E-state index in [0.29, 0.717) is 12.8 Å². The van der Waals surface area contributed by atoms with Crippen LogP contribution in [-0.4, -0.2) is 15.3 Å². The van der Waals surface area contributed by atoms with Gasteiger partial charge in [-0.3, -0.25) is 0 Å². The fourth-order valence-corrected chi connectivity index (χ4v) is 9.59. The van der Waals surface area contributed by atoms with E-state index in [4.69, 9.17) is 0 Å². The SMILES string of the molecule is CCCCCCCCCc1cc(Cc2cc(-c3cccc4c3Cc3ccccc3-4)ccc2O)c(O)c(Cc2cc(-c3cccc4c3Cc3ccccc3-4)ccc2O)c1. The van der Waals surface area contributed by atoms with Crippen molar-refractivity contribution in [2.45, 2.75) is 84.0 Å². The first-order valence-corrected chi connectivity index (χ1v) is 21.3. The Kier molecular flexibility index (Phi) is 10.6. The number of aryl methyl sites for hydroxylation is 1. The van der Waals surface area contributed by atoms with E-state index in [1.807, 2.05) is 12.1 Å². The lowest BCUT2D eigenvalue weighted by Gasteiger charge is -2.17. The summed E-state index contributed by atoms with van der Waals surface area (Å²) in [5.41, 5.74) is 19.3. The molecule has 9 rings (SSSR count). The first-order chi connectivity index (χ1) is 28.4. The van der Waals surface area contributed by atoms with Crippen LogP contribution in [0.15, 0.2) is 133 Å². The van der Waals surface area contributed by atoms with Gasteiger partial charge in [0.15, 0.2) is 0 Å². The normalized spacial score (nSPS) is 12.3. The van der Waals surface area contributed by atoms with Crippen LogP contribution < -0.4 is 0 Å². The summed E-state index contributed by atoms with van der Waals surface area (Å²) < 4.78 is 0. The number of aromatic hydroxyl groups is 3. The van der Waals surface area contributed by atoms with Gasteiger partial charge in [0.1, 0.15) is 17.2 Å². The fourth-order valence-electron chi connectivity index (χ4n) is 9.59. The summed E-state index contributed by atoms with van der Waals surface area (Å²) in [5, 5.41) is 34.7. The lowest BCUT2D eigenvalue weighted by Crippen LogP contribution is -2.00. The Hall–Kier alpha value is -6.06. The van der Waals surface area contributed by atoms with Crippen LogP contribution >= 0.6 is 0 Å². The van der Waals surface area contributed by atoms with Gasteiger partial charge in [-0.15, -0.1) is 0 Å². The summed E-state index contributed by atoms with van der Waals surface area (Å²) >= 11 is 0. The van der Waals surface area contributed by atoms with E-state index in [2.05, 4.69) is 116 Å². The number of benzene rings is 7. The number of hydrogen-bond acceptors (Lipinski definition) is 3. The van der Waals surface area contributed by atoms with Crippen molar-refractivity contribution < 1.29 is 15.3 Å². The van der Waals surface area contributed by atoms with Crippen molar-refractivity contribution in [1.29, 1.82) is 0 Å². The zero-order valence-electron chi connectivity index (χ0n) is 33.5. The van der Waals surface area contributed by atoms with Gasteiger partial charge in [0.25, 0.3) is 0 Å². The van der Waals surface area contributed by atoms with Gasteiger partial charge < -0.3 is 15.3 Å². The molecule has 3 N–H and O–H groups in total. The average Bonchev–Trinajstić information content (AvgIpc) is 3.82. The third-order valence-corrected chi connectivity index (χ3v) is 12.6. The molecule has 2 aliphatic carbocycles. The number of fused-ring (bicyclic) bond motifs is 6. The predicted octanol–water partition coefficient (Wildman–Crippen LogP) is 13.8. The van der Waals surface area contributed by atoms with Crippen LogP contribution in [0.25, 0.3) is 44.5 Å². The summed E-state index contributed by atoms with van der Waals surface area (Å²) in [6.07, 6.45) is 12.1. The quantitative estimate of drug-likeness (QED) is 0.0968. The topological polar surface area (TPSA) is 60.7 Å². The van der Waals surface area contributed by atoms with Crippen LogP contribution in [0.2, 0.25) is 0 Å². The van der Waals surface area contributed by atoms with Crippen molar-refractivity contribution in [3.8, 4) is 61.8 Å². The van der Waals surface area contributed by atoms with Crippen molar-refractivity contribution in [3.05, 3.63) is 184 Å². The van der Waals surface area contributed by atoms with Gasteiger partial charge in [-0.1, -0.05) is 155 Å². The van der Waals surface area contributed by atoms with Crippen LogP contribution in [-0.2, 0) is 32.1 Å². The molecule has 3 nitrogen and oxygen atoms in total. The second kappa shape index (κ2) is 16.4. The van der Waals surface area contributed by atoms with E-state index in [9.17, 15) is 15.3 Å². The van der Waals surface area contributed by atoms with E-state index >= 15 is 0 Å². The second-order valence-electron chi connectivity index (χ2n) is 16.5. The number of hydrogen-bond donors (Lipinski definition) is 3. The van der Waals surface area contributed by atoms with Gasteiger partial charge in [-0.05, 0) is 145 Å². The Labute approximate surface area is 343 Å². The fraction of sp³-hybridized carbons (Fsp3) is 0.236. The molecule has 0 unspecified atom stereocenters. The van der Waals surface area contributed by atoms with E-state index in [1.54, 1.807) is 12.1 Å². The third kappa shape index (κ3) is 7.42. The molecule has 0 amide bonds. The molecule has 0 saturated carbocycles. The highest BCUT2D eigenvalue weighted by Gasteiger charge is 2.24. The molecular formula is C55H52O3. The molecule has 7 aromatic carbocycles. The smallest absolute Gasteiger partial charge is 0.122 e. The summed E-state index contributed by atoms with van der Waals surface area (Å²) in [6.45, 7) is 2.26. The Morgan fingerprint density at radius 1 is 0.414 bits per heavy atom. The maximum absolute atomic E-state index is 12.1. The van der Waals surface area contributed by atoms with Gasteiger partial charge in [0, 0.05) is 12.8 Å². The second-order valence-corrected chi connectivity index (χ2v) is 16.5. The van der Waals surface area contributed by atoms with Gasteiger partial charge >= 0.3 is 0 Å². The molecule has 0 bridgehead atoms. The number of unbranched alkanes of at least 4 members (excludes halogenated alkanes) is 6. The molecule has 0 aromatic heterocycles. The zero-order valence-corrected chi connectivity index (χ0v) is 33.5. The number of rotatable bonds is 14. The van der Waals surface area contributed by atoms with E-state index in [0.717, 1.165) is 59.1 Å². The number of phenols is 3. The molecule has 0 spiro atoms. The van der Waals surface area contributed by atoms with Crippen molar-refractivity contribution in [1.82, 2.24) is 0 Å². The van der Waals surface area contributed by atoms with E-state index in [-0.39, 0.29) is 17.2 Å². The maximum Gasteiger partial charge on any atom is 0.122 e. The molecule has 0 fully saturated rings. The summed E-state index contributed by atoms with van der Waals surface area (Å²) in [4.78, 5) is 0. The zero-order chi connectivity index (χ0) is 39.6. The highest BCUT2D eigenvalue weighted by atomic mass is 16.3.